The van der Waals surface area contributed by atoms with Crippen molar-refractivity contribution in [3.05, 3.63) is 11.8 Å². The summed E-state index contributed by atoms with van der Waals surface area (Å²) in [5, 5.41) is 0. The summed E-state index contributed by atoms with van der Waals surface area (Å²) in [4.78, 5) is 9.82. The third-order valence-electron chi connectivity index (χ3n) is 2.02. The molecule has 0 bridgehead atoms. The lowest BCUT2D eigenvalue weighted by Gasteiger charge is -2.26. The third kappa shape index (κ3) is 6.63. The topological polar surface area (TPSA) is 46.2 Å². The van der Waals surface area contributed by atoms with E-state index in [9.17, 15) is 0 Å². The number of hydrogen-bond donors (Lipinski definition) is 0. The maximum atomic E-state index is 5.70. The first-order valence-corrected chi connectivity index (χ1v) is 8.09. The van der Waals surface area contributed by atoms with E-state index < -0.39 is 14.4 Å². The van der Waals surface area contributed by atoms with Gasteiger partial charge in [0.25, 0.3) is 0 Å². The molecule has 0 aromatic carbocycles. The van der Waals surface area contributed by atoms with Crippen LogP contribution in [0.2, 0.25) is 0 Å². The Bertz CT molecular complexity index is 226. The van der Waals surface area contributed by atoms with Gasteiger partial charge in [0, 0.05) is 19.8 Å². The minimum Gasteiger partial charge on any atom is -0.371 e. The van der Waals surface area contributed by atoms with Crippen molar-refractivity contribution in [2.24, 2.45) is 0 Å². The standard InChI is InChI=1S/C12H26O5Si/c1-7-14-18(15-8-2,16-9-3)11-10-12(4,5)17-13-6/h10-11H,7-9H2,1-6H3. The van der Waals surface area contributed by atoms with Crippen LogP contribution in [0.5, 0.6) is 0 Å². The molecule has 0 rings (SSSR count). The van der Waals surface area contributed by atoms with Gasteiger partial charge in [0.15, 0.2) is 0 Å². The number of hydrogen-bond acceptors (Lipinski definition) is 5. The lowest BCUT2D eigenvalue weighted by Crippen LogP contribution is -2.45. The van der Waals surface area contributed by atoms with E-state index in [0.29, 0.717) is 19.8 Å². The van der Waals surface area contributed by atoms with Crippen LogP contribution in [0.15, 0.2) is 11.8 Å². The molecule has 0 aliphatic heterocycles. The van der Waals surface area contributed by atoms with Gasteiger partial charge in [-0.25, -0.2) is 9.78 Å². The predicted molar refractivity (Wildman–Crippen MR) is 71.9 cm³/mol. The first-order valence-electron chi connectivity index (χ1n) is 6.29. The fourth-order valence-electron chi connectivity index (χ4n) is 1.42. The Morgan fingerprint density at radius 1 is 0.944 bits per heavy atom. The molecular formula is C12H26O5Si. The van der Waals surface area contributed by atoms with Crippen LogP contribution < -0.4 is 0 Å². The Morgan fingerprint density at radius 3 is 1.72 bits per heavy atom. The van der Waals surface area contributed by atoms with Gasteiger partial charge in [0.1, 0.15) is 5.60 Å². The van der Waals surface area contributed by atoms with Crippen molar-refractivity contribution in [1.29, 1.82) is 0 Å². The van der Waals surface area contributed by atoms with Crippen LogP contribution in [-0.2, 0) is 23.1 Å². The summed E-state index contributed by atoms with van der Waals surface area (Å²) in [5.74, 6) is 0. The zero-order valence-electron chi connectivity index (χ0n) is 12.3. The van der Waals surface area contributed by atoms with E-state index in [1.165, 1.54) is 7.11 Å². The minimum absolute atomic E-state index is 0.544. The van der Waals surface area contributed by atoms with Crippen LogP contribution in [0.4, 0.5) is 0 Å². The van der Waals surface area contributed by atoms with Gasteiger partial charge in [-0.2, -0.15) is 0 Å². The first kappa shape index (κ1) is 17.8. The molecule has 18 heavy (non-hydrogen) atoms. The van der Waals surface area contributed by atoms with E-state index in [1.54, 1.807) is 0 Å². The molecule has 0 aromatic heterocycles. The van der Waals surface area contributed by atoms with Gasteiger partial charge in [-0.05, 0) is 40.3 Å². The molecule has 0 aromatic rings. The van der Waals surface area contributed by atoms with E-state index >= 15 is 0 Å². The van der Waals surface area contributed by atoms with Gasteiger partial charge in [0.2, 0.25) is 0 Å². The molecule has 0 spiro atoms. The molecule has 0 N–H and O–H groups in total. The molecule has 108 valence electrons. The van der Waals surface area contributed by atoms with Crippen LogP contribution in [0, 0.1) is 0 Å². The highest BCUT2D eigenvalue weighted by molar-refractivity contribution is 6.66. The molecule has 0 heterocycles. The maximum absolute atomic E-state index is 5.70. The van der Waals surface area contributed by atoms with Crippen molar-refractivity contribution in [3.63, 3.8) is 0 Å². The van der Waals surface area contributed by atoms with E-state index in [1.807, 2.05) is 46.4 Å². The van der Waals surface area contributed by atoms with Crippen molar-refractivity contribution in [3.8, 4) is 0 Å². The van der Waals surface area contributed by atoms with Crippen LogP contribution >= 0.6 is 0 Å². The highest BCUT2D eigenvalue weighted by Gasteiger charge is 2.38. The van der Waals surface area contributed by atoms with Gasteiger partial charge in [-0.3, -0.25) is 0 Å². The van der Waals surface area contributed by atoms with E-state index in [0.717, 1.165) is 0 Å². The Labute approximate surface area is 111 Å². The molecule has 0 fully saturated rings. The second-order valence-corrected chi connectivity index (χ2v) is 6.50. The summed E-state index contributed by atoms with van der Waals surface area (Å²) >= 11 is 0. The largest absolute Gasteiger partial charge is 0.529 e. The molecule has 6 heteroatoms. The Hall–Kier alpha value is -0.243. The van der Waals surface area contributed by atoms with E-state index in [-0.39, 0.29) is 0 Å². The molecular weight excluding hydrogens is 252 g/mol. The highest BCUT2D eigenvalue weighted by atomic mass is 28.4. The molecule has 0 aliphatic carbocycles. The second-order valence-electron chi connectivity index (χ2n) is 4.09. The summed E-state index contributed by atoms with van der Waals surface area (Å²) in [6.45, 7) is 11.2. The molecule has 0 unspecified atom stereocenters. The van der Waals surface area contributed by atoms with Gasteiger partial charge >= 0.3 is 8.80 Å². The Kier molecular flexibility index (Phi) is 8.67. The van der Waals surface area contributed by atoms with Crippen LogP contribution in [0.25, 0.3) is 0 Å². The lowest BCUT2D eigenvalue weighted by atomic mass is 10.1. The predicted octanol–water partition coefficient (Wildman–Crippen LogP) is 2.49. The highest BCUT2D eigenvalue weighted by Crippen LogP contribution is 2.17. The van der Waals surface area contributed by atoms with Crippen molar-refractivity contribution < 1.29 is 23.1 Å². The third-order valence-corrected chi connectivity index (χ3v) is 4.67. The van der Waals surface area contributed by atoms with Crippen LogP contribution in [0.3, 0.4) is 0 Å². The summed E-state index contributed by atoms with van der Waals surface area (Å²) in [5.41, 5.74) is 1.29. The molecule has 0 saturated heterocycles. The Morgan fingerprint density at radius 2 is 1.39 bits per heavy atom. The lowest BCUT2D eigenvalue weighted by molar-refractivity contribution is -0.321. The number of rotatable bonds is 10. The zero-order valence-corrected chi connectivity index (χ0v) is 13.3. The van der Waals surface area contributed by atoms with Crippen molar-refractivity contribution in [2.45, 2.75) is 40.2 Å². The van der Waals surface area contributed by atoms with Crippen molar-refractivity contribution in [1.82, 2.24) is 0 Å². The maximum Gasteiger partial charge on any atom is 0.529 e. The molecule has 0 aliphatic rings. The smallest absolute Gasteiger partial charge is 0.371 e. The fraction of sp³-hybridized carbons (Fsp3) is 0.833. The van der Waals surface area contributed by atoms with Gasteiger partial charge in [0.05, 0.1) is 7.11 Å². The summed E-state index contributed by atoms with van der Waals surface area (Å²) < 4.78 is 17.1. The van der Waals surface area contributed by atoms with E-state index in [2.05, 4.69) is 0 Å². The zero-order chi connectivity index (χ0) is 14.1. The van der Waals surface area contributed by atoms with Gasteiger partial charge in [-0.1, -0.05) is 6.08 Å². The molecule has 5 nitrogen and oxygen atoms in total. The molecule has 0 amide bonds. The quantitative estimate of drug-likeness (QED) is 0.349. The molecule has 0 saturated carbocycles. The van der Waals surface area contributed by atoms with Gasteiger partial charge < -0.3 is 13.3 Å². The molecule has 0 atom stereocenters. The van der Waals surface area contributed by atoms with E-state index in [4.69, 9.17) is 23.1 Å². The fourth-order valence-corrected chi connectivity index (χ4v) is 3.77. The normalized spacial score (nSPS) is 13.4. The summed E-state index contributed by atoms with van der Waals surface area (Å²) in [6.07, 6.45) is 1.85. The van der Waals surface area contributed by atoms with Crippen molar-refractivity contribution >= 4 is 8.80 Å². The molecule has 0 radical (unpaired) electrons. The van der Waals surface area contributed by atoms with Gasteiger partial charge in [-0.15, -0.1) is 0 Å². The van der Waals surface area contributed by atoms with Crippen LogP contribution in [-0.4, -0.2) is 41.3 Å². The Balaban J connectivity index is 4.88. The summed E-state index contributed by atoms with van der Waals surface area (Å²) in [7, 11) is -1.27. The monoisotopic (exact) mass is 278 g/mol. The minimum atomic E-state index is -2.75. The first-order chi connectivity index (χ1) is 8.45. The van der Waals surface area contributed by atoms with Crippen molar-refractivity contribution in [2.75, 3.05) is 26.9 Å². The average Bonchev–Trinajstić information content (AvgIpc) is 2.28. The SMILES string of the molecule is CCO[Si](C=CC(C)(C)OOC)(OCC)OCC. The second kappa shape index (κ2) is 8.79. The van der Waals surface area contributed by atoms with Crippen LogP contribution in [0.1, 0.15) is 34.6 Å². The summed E-state index contributed by atoms with van der Waals surface area (Å²) in [6, 6.07) is 0. The average molecular weight is 278 g/mol.